The Bertz CT molecular complexity index is 236. The molecule has 0 aromatic carbocycles. The van der Waals surface area contributed by atoms with E-state index in [4.69, 9.17) is 10.5 Å². The summed E-state index contributed by atoms with van der Waals surface area (Å²) in [5, 5.41) is 0. The third-order valence-corrected chi connectivity index (χ3v) is 1.03. The zero-order valence-corrected chi connectivity index (χ0v) is 8.50. The van der Waals surface area contributed by atoms with E-state index in [2.05, 4.69) is 4.99 Å². The third-order valence-electron chi connectivity index (χ3n) is 1.03. The molecule has 2 N–H and O–H groups in total. The van der Waals surface area contributed by atoms with Gasteiger partial charge in [-0.1, -0.05) is 0 Å². The summed E-state index contributed by atoms with van der Waals surface area (Å²) in [5.41, 5.74) is 5.39. The predicted molar refractivity (Wildman–Crippen MR) is 52.7 cm³/mol. The van der Waals surface area contributed by atoms with E-state index in [0.717, 1.165) is 0 Å². The van der Waals surface area contributed by atoms with Crippen molar-refractivity contribution in [3.63, 3.8) is 0 Å². The summed E-state index contributed by atoms with van der Waals surface area (Å²) >= 11 is 0. The first-order valence-corrected chi connectivity index (χ1v) is 4.00. The van der Waals surface area contributed by atoms with Crippen molar-refractivity contribution in [1.29, 1.82) is 0 Å². The lowest BCUT2D eigenvalue weighted by atomic mass is 10.2. The van der Waals surface area contributed by atoms with Crippen molar-refractivity contribution < 1.29 is 9.53 Å². The minimum Gasteiger partial charge on any atom is -0.442 e. The van der Waals surface area contributed by atoms with Crippen molar-refractivity contribution >= 4 is 12.3 Å². The monoisotopic (exact) mass is 184 g/mol. The fraction of sp³-hybridized carbons (Fsp3) is 0.556. The van der Waals surface area contributed by atoms with Gasteiger partial charge >= 0.3 is 6.09 Å². The Hall–Kier alpha value is -1.32. The Balaban J connectivity index is 4.10. The fourth-order valence-corrected chi connectivity index (χ4v) is 0.486. The largest absolute Gasteiger partial charge is 0.442 e. The van der Waals surface area contributed by atoms with Gasteiger partial charge in [0, 0.05) is 6.21 Å². The van der Waals surface area contributed by atoms with Crippen LogP contribution in [0.5, 0.6) is 0 Å². The number of hydrogen-bond donors (Lipinski definition) is 1. The molecule has 0 spiro atoms. The maximum absolute atomic E-state index is 11.0. The Kier molecular flexibility index (Phi) is 4.17. The maximum Gasteiger partial charge on any atom is 0.434 e. The molecule has 0 saturated carbocycles. The zero-order chi connectivity index (χ0) is 10.5. The molecule has 74 valence electrons. The fourth-order valence-electron chi connectivity index (χ4n) is 0.486. The number of ether oxygens (including phenoxy) is 1. The summed E-state index contributed by atoms with van der Waals surface area (Å²) in [5.74, 6) is 0. The highest BCUT2D eigenvalue weighted by molar-refractivity contribution is 5.87. The number of aliphatic imine (C=N–C) groups is 1. The van der Waals surface area contributed by atoms with Crippen LogP contribution in [0.2, 0.25) is 0 Å². The summed E-state index contributed by atoms with van der Waals surface area (Å²) in [6.45, 7) is 7.10. The number of amides is 1. The first kappa shape index (κ1) is 11.7. The lowest BCUT2D eigenvalue weighted by molar-refractivity contribution is 0.0605. The van der Waals surface area contributed by atoms with Crippen LogP contribution in [-0.4, -0.2) is 17.9 Å². The molecule has 13 heavy (non-hydrogen) atoms. The van der Waals surface area contributed by atoms with Gasteiger partial charge in [0.1, 0.15) is 5.60 Å². The van der Waals surface area contributed by atoms with Crippen molar-refractivity contribution in [2.75, 3.05) is 0 Å². The predicted octanol–water partition coefficient (Wildman–Crippen LogP) is 1.85. The topological polar surface area (TPSA) is 64.7 Å². The van der Waals surface area contributed by atoms with E-state index in [-0.39, 0.29) is 0 Å². The van der Waals surface area contributed by atoms with Crippen LogP contribution >= 0.6 is 0 Å². The second-order valence-electron chi connectivity index (χ2n) is 3.65. The molecule has 0 rings (SSSR count). The van der Waals surface area contributed by atoms with Gasteiger partial charge in [-0.2, -0.15) is 4.99 Å². The molecular formula is C9H16N2O2. The van der Waals surface area contributed by atoms with Crippen LogP contribution in [0.4, 0.5) is 4.79 Å². The average Bonchev–Trinajstić information content (AvgIpc) is 1.97. The van der Waals surface area contributed by atoms with Crippen LogP contribution in [0.3, 0.4) is 0 Å². The number of allylic oxidation sites excluding steroid dienone is 1. The number of carbonyl (C=O) groups excluding carboxylic acids is 1. The number of carbonyl (C=O) groups is 1. The molecule has 0 radical (unpaired) electrons. The second kappa shape index (κ2) is 4.64. The van der Waals surface area contributed by atoms with Crippen molar-refractivity contribution in [3.8, 4) is 0 Å². The standard InChI is InChI=1S/C9H16N2O2/c1-7(5-10)6-11-8(12)13-9(2,3)4/h5-6H,10H2,1-4H3/b7-5-,11-6+. The molecule has 4 nitrogen and oxygen atoms in total. The lowest BCUT2D eigenvalue weighted by Crippen LogP contribution is -2.21. The molecule has 0 aliphatic rings. The number of nitrogens with zero attached hydrogens (tertiary/aromatic N) is 1. The SMILES string of the molecule is CC(=C/N)/C=N/C(=O)OC(C)(C)C. The summed E-state index contributed by atoms with van der Waals surface area (Å²) in [7, 11) is 0. The third kappa shape index (κ3) is 7.05. The van der Waals surface area contributed by atoms with Gasteiger partial charge in [-0.25, -0.2) is 4.79 Å². The van der Waals surface area contributed by atoms with Crippen LogP contribution < -0.4 is 5.73 Å². The summed E-state index contributed by atoms with van der Waals surface area (Å²) in [6, 6.07) is 0. The van der Waals surface area contributed by atoms with E-state index in [1.807, 2.05) is 0 Å². The van der Waals surface area contributed by atoms with E-state index < -0.39 is 11.7 Å². The van der Waals surface area contributed by atoms with Crippen molar-refractivity contribution in [3.05, 3.63) is 11.8 Å². The van der Waals surface area contributed by atoms with Crippen LogP contribution in [0.15, 0.2) is 16.8 Å². The summed E-state index contributed by atoms with van der Waals surface area (Å²) in [6.07, 6.45) is 2.13. The molecule has 0 aromatic rings. The molecule has 0 unspecified atom stereocenters. The van der Waals surface area contributed by atoms with Gasteiger partial charge in [-0.05, 0) is 39.5 Å². The molecule has 0 heterocycles. The highest BCUT2D eigenvalue weighted by Crippen LogP contribution is 2.07. The zero-order valence-electron chi connectivity index (χ0n) is 8.50. The molecule has 0 atom stereocenters. The molecule has 0 saturated heterocycles. The number of nitrogens with two attached hydrogens (primary N) is 1. The van der Waals surface area contributed by atoms with Crippen LogP contribution in [0, 0.1) is 0 Å². The molecule has 0 bridgehead atoms. The Morgan fingerprint density at radius 3 is 2.38 bits per heavy atom. The summed E-state index contributed by atoms with van der Waals surface area (Å²) in [4.78, 5) is 14.5. The smallest absolute Gasteiger partial charge is 0.434 e. The first-order valence-electron chi connectivity index (χ1n) is 4.00. The van der Waals surface area contributed by atoms with E-state index in [1.165, 1.54) is 12.4 Å². The van der Waals surface area contributed by atoms with Gasteiger partial charge in [0.15, 0.2) is 0 Å². The molecule has 0 fully saturated rings. The Labute approximate surface area is 78.5 Å². The van der Waals surface area contributed by atoms with Gasteiger partial charge in [0.2, 0.25) is 0 Å². The van der Waals surface area contributed by atoms with E-state index in [1.54, 1.807) is 27.7 Å². The number of hydrogen-bond acceptors (Lipinski definition) is 3. The van der Waals surface area contributed by atoms with E-state index in [9.17, 15) is 4.79 Å². The van der Waals surface area contributed by atoms with E-state index in [0.29, 0.717) is 5.57 Å². The molecular weight excluding hydrogens is 168 g/mol. The molecule has 4 heteroatoms. The Morgan fingerprint density at radius 2 is 2.00 bits per heavy atom. The highest BCUT2D eigenvalue weighted by Gasteiger charge is 2.14. The number of rotatable bonds is 1. The molecule has 1 amide bonds. The maximum atomic E-state index is 11.0. The van der Waals surface area contributed by atoms with Crippen LogP contribution in [0.25, 0.3) is 0 Å². The van der Waals surface area contributed by atoms with Crippen LogP contribution in [-0.2, 0) is 4.74 Å². The molecule has 0 aromatic heterocycles. The van der Waals surface area contributed by atoms with Crippen molar-refractivity contribution in [2.45, 2.75) is 33.3 Å². The van der Waals surface area contributed by atoms with Gasteiger partial charge in [-0.15, -0.1) is 0 Å². The van der Waals surface area contributed by atoms with Gasteiger partial charge in [0.25, 0.3) is 0 Å². The minimum atomic E-state index is -0.603. The molecule has 0 aliphatic heterocycles. The van der Waals surface area contributed by atoms with Gasteiger partial charge in [0.05, 0.1) is 0 Å². The second-order valence-corrected chi connectivity index (χ2v) is 3.65. The normalized spacial score (nSPS) is 13.4. The van der Waals surface area contributed by atoms with Crippen molar-refractivity contribution in [2.24, 2.45) is 10.7 Å². The van der Waals surface area contributed by atoms with Crippen molar-refractivity contribution in [1.82, 2.24) is 0 Å². The van der Waals surface area contributed by atoms with Crippen LogP contribution in [0.1, 0.15) is 27.7 Å². The van der Waals surface area contributed by atoms with Gasteiger partial charge in [-0.3, -0.25) is 0 Å². The highest BCUT2D eigenvalue weighted by atomic mass is 16.6. The van der Waals surface area contributed by atoms with Gasteiger partial charge < -0.3 is 10.5 Å². The Morgan fingerprint density at radius 1 is 1.46 bits per heavy atom. The lowest BCUT2D eigenvalue weighted by Gasteiger charge is -2.16. The van der Waals surface area contributed by atoms with E-state index >= 15 is 0 Å². The first-order chi connectivity index (χ1) is 5.85. The minimum absolute atomic E-state index is 0.505. The molecule has 0 aliphatic carbocycles. The summed E-state index contributed by atoms with van der Waals surface area (Å²) < 4.78 is 4.93. The average molecular weight is 184 g/mol. The quantitative estimate of drug-likeness (QED) is 0.632.